The predicted octanol–water partition coefficient (Wildman–Crippen LogP) is -0.0442. The third-order valence-electron chi connectivity index (χ3n) is 3.39. The number of thiocarbonyl (C=S) groups is 1. The molecule has 1 saturated heterocycles. The summed E-state index contributed by atoms with van der Waals surface area (Å²) in [6.07, 6.45) is 0.340. The number of amides is 1. The van der Waals surface area contributed by atoms with Crippen LogP contribution in [0.1, 0.15) is 12.0 Å². The van der Waals surface area contributed by atoms with Gasteiger partial charge in [-0.25, -0.2) is 12.8 Å². The van der Waals surface area contributed by atoms with Crippen LogP contribution in [0.2, 0.25) is 0 Å². The summed E-state index contributed by atoms with van der Waals surface area (Å²) in [6.45, 7) is 0.119. The van der Waals surface area contributed by atoms with Crippen LogP contribution in [0.15, 0.2) is 23.1 Å². The van der Waals surface area contributed by atoms with E-state index >= 15 is 0 Å². The van der Waals surface area contributed by atoms with Crippen LogP contribution in [0.25, 0.3) is 0 Å². The van der Waals surface area contributed by atoms with Crippen molar-refractivity contribution < 1.29 is 17.6 Å². The fourth-order valence-corrected chi connectivity index (χ4v) is 4.26. The standard InChI is InChI=1S/C12H14FN3O3S2/c13-8-2-1-3-9(10(8)12(15)20)21(18,19)16-5-4-7(6-16)11(14)17/h1-3,7H,4-6H2,(H2,14,17)(H2,15,20). The summed E-state index contributed by atoms with van der Waals surface area (Å²) >= 11 is 4.73. The summed E-state index contributed by atoms with van der Waals surface area (Å²) in [7, 11) is -3.99. The number of carbonyl (C=O) groups excluding carboxylic acids is 1. The highest BCUT2D eigenvalue weighted by Crippen LogP contribution is 2.27. The topological polar surface area (TPSA) is 106 Å². The SMILES string of the molecule is NC(=O)C1CCN(S(=O)(=O)c2cccc(F)c2C(N)=S)C1. The number of benzene rings is 1. The van der Waals surface area contributed by atoms with Crippen molar-refractivity contribution in [3.8, 4) is 0 Å². The van der Waals surface area contributed by atoms with Gasteiger partial charge in [0.05, 0.1) is 16.4 Å². The molecule has 114 valence electrons. The van der Waals surface area contributed by atoms with Crippen LogP contribution in [0.5, 0.6) is 0 Å². The number of halogens is 1. The molecular weight excluding hydrogens is 317 g/mol. The normalized spacial score (nSPS) is 19.6. The van der Waals surface area contributed by atoms with Crippen LogP contribution in [-0.4, -0.2) is 36.7 Å². The van der Waals surface area contributed by atoms with Gasteiger partial charge in [-0.05, 0) is 18.6 Å². The molecule has 4 N–H and O–H groups in total. The molecule has 1 amide bonds. The second-order valence-electron chi connectivity index (χ2n) is 4.73. The molecule has 9 heteroatoms. The maximum Gasteiger partial charge on any atom is 0.243 e. The van der Waals surface area contributed by atoms with Crippen LogP contribution >= 0.6 is 12.2 Å². The molecule has 1 fully saturated rings. The number of carbonyl (C=O) groups is 1. The largest absolute Gasteiger partial charge is 0.389 e. The zero-order chi connectivity index (χ0) is 15.8. The van der Waals surface area contributed by atoms with Crippen LogP contribution in [-0.2, 0) is 14.8 Å². The molecule has 2 rings (SSSR count). The summed E-state index contributed by atoms with van der Waals surface area (Å²) in [6, 6.07) is 3.60. The smallest absolute Gasteiger partial charge is 0.243 e. The molecule has 1 aliphatic heterocycles. The van der Waals surface area contributed by atoms with Crippen molar-refractivity contribution in [2.24, 2.45) is 17.4 Å². The molecule has 0 bridgehead atoms. The Morgan fingerprint density at radius 3 is 2.57 bits per heavy atom. The van der Waals surface area contributed by atoms with Gasteiger partial charge in [-0.15, -0.1) is 0 Å². The quantitative estimate of drug-likeness (QED) is 0.753. The Hall–Kier alpha value is -1.58. The van der Waals surface area contributed by atoms with E-state index in [-0.39, 0.29) is 28.5 Å². The van der Waals surface area contributed by atoms with E-state index in [1.54, 1.807) is 0 Å². The highest BCUT2D eigenvalue weighted by atomic mass is 32.2. The second-order valence-corrected chi connectivity index (χ2v) is 7.07. The van der Waals surface area contributed by atoms with Crippen LogP contribution in [0.4, 0.5) is 4.39 Å². The van der Waals surface area contributed by atoms with E-state index in [4.69, 9.17) is 23.7 Å². The lowest BCUT2D eigenvalue weighted by Crippen LogP contribution is -2.33. The van der Waals surface area contributed by atoms with Gasteiger partial charge in [-0.3, -0.25) is 4.79 Å². The molecule has 1 unspecified atom stereocenters. The molecule has 1 aromatic rings. The summed E-state index contributed by atoms with van der Waals surface area (Å²) in [5.41, 5.74) is 10.3. The Kier molecular flexibility index (Phi) is 4.26. The van der Waals surface area contributed by atoms with Crippen molar-refractivity contribution in [1.82, 2.24) is 4.31 Å². The maximum atomic E-state index is 13.8. The minimum absolute atomic E-state index is 0.0229. The first-order valence-electron chi connectivity index (χ1n) is 6.13. The van der Waals surface area contributed by atoms with Crippen LogP contribution in [0, 0.1) is 11.7 Å². The predicted molar refractivity (Wildman–Crippen MR) is 78.3 cm³/mol. The fourth-order valence-electron chi connectivity index (χ4n) is 2.28. The van der Waals surface area contributed by atoms with E-state index in [1.807, 2.05) is 0 Å². The van der Waals surface area contributed by atoms with Gasteiger partial charge in [-0.2, -0.15) is 4.31 Å². The fraction of sp³-hybridized carbons (Fsp3) is 0.333. The van der Waals surface area contributed by atoms with Gasteiger partial charge < -0.3 is 11.5 Å². The molecule has 0 spiro atoms. The Morgan fingerprint density at radius 1 is 1.38 bits per heavy atom. The second kappa shape index (κ2) is 5.66. The van der Waals surface area contributed by atoms with Crippen molar-refractivity contribution in [2.75, 3.05) is 13.1 Å². The van der Waals surface area contributed by atoms with E-state index in [0.717, 1.165) is 10.4 Å². The molecule has 1 atom stereocenters. The minimum atomic E-state index is -3.99. The van der Waals surface area contributed by atoms with E-state index < -0.39 is 27.7 Å². The number of hydrogen-bond donors (Lipinski definition) is 2. The number of nitrogens with zero attached hydrogens (tertiary/aromatic N) is 1. The molecule has 21 heavy (non-hydrogen) atoms. The first-order chi connectivity index (χ1) is 9.75. The molecular formula is C12H14FN3O3S2. The first-order valence-corrected chi connectivity index (χ1v) is 7.97. The van der Waals surface area contributed by atoms with Gasteiger partial charge in [0.15, 0.2) is 0 Å². The van der Waals surface area contributed by atoms with Crippen molar-refractivity contribution in [3.63, 3.8) is 0 Å². The van der Waals surface area contributed by atoms with Gasteiger partial charge in [0, 0.05) is 13.1 Å². The first kappa shape index (κ1) is 15.8. The van der Waals surface area contributed by atoms with Crippen molar-refractivity contribution in [1.29, 1.82) is 0 Å². The summed E-state index contributed by atoms with van der Waals surface area (Å²) in [5.74, 6) is -1.89. The van der Waals surface area contributed by atoms with Crippen molar-refractivity contribution in [3.05, 3.63) is 29.6 Å². The molecule has 1 aliphatic rings. The minimum Gasteiger partial charge on any atom is -0.389 e. The Morgan fingerprint density at radius 2 is 2.05 bits per heavy atom. The number of hydrogen-bond acceptors (Lipinski definition) is 4. The number of rotatable bonds is 4. The van der Waals surface area contributed by atoms with Crippen LogP contribution in [0.3, 0.4) is 0 Å². The summed E-state index contributed by atoms with van der Waals surface area (Å²) in [5, 5.41) is 0. The monoisotopic (exact) mass is 331 g/mol. The zero-order valence-corrected chi connectivity index (χ0v) is 12.6. The molecule has 0 saturated carbocycles. The van der Waals surface area contributed by atoms with Gasteiger partial charge in [0.2, 0.25) is 15.9 Å². The van der Waals surface area contributed by atoms with Crippen LogP contribution < -0.4 is 11.5 Å². The zero-order valence-electron chi connectivity index (χ0n) is 11.0. The van der Waals surface area contributed by atoms with E-state index in [0.29, 0.717) is 6.42 Å². The Balaban J connectivity index is 2.44. The lowest BCUT2D eigenvalue weighted by molar-refractivity contribution is -0.121. The molecule has 1 heterocycles. The highest BCUT2D eigenvalue weighted by molar-refractivity contribution is 7.89. The lowest BCUT2D eigenvalue weighted by atomic mass is 10.1. The number of sulfonamides is 1. The number of nitrogens with two attached hydrogens (primary N) is 2. The van der Waals surface area contributed by atoms with Crippen molar-refractivity contribution >= 4 is 33.1 Å². The Bertz CT molecular complexity index is 706. The van der Waals surface area contributed by atoms with Gasteiger partial charge in [0.25, 0.3) is 0 Å². The molecule has 0 aliphatic carbocycles. The molecule has 0 radical (unpaired) electrons. The average molecular weight is 331 g/mol. The summed E-state index contributed by atoms with van der Waals surface area (Å²) < 4.78 is 40.0. The van der Waals surface area contributed by atoms with Gasteiger partial charge >= 0.3 is 0 Å². The Labute approximate surface area is 127 Å². The number of primary amides is 1. The maximum absolute atomic E-state index is 13.8. The highest BCUT2D eigenvalue weighted by Gasteiger charge is 2.36. The molecule has 1 aromatic carbocycles. The van der Waals surface area contributed by atoms with Gasteiger partial charge in [0.1, 0.15) is 10.8 Å². The molecule has 6 nitrogen and oxygen atoms in total. The lowest BCUT2D eigenvalue weighted by Gasteiger charge is -2.18. The third-order valence-corrected chi connectivity index (χ3v) is 5.50. The van der Waals surface area contributed by atoms with E-state index in [1.165, 1.54) is 12.1 Å². The van der Waals surface area contributed by atoms with Gasteiger partial charge in [-0.1, -0.05) is 18.3 Å². The molecule has 0 aromatic heterocycles. The van der Waals surface area contributed by atoms with Crippen molar-refractivity contribution in [2.45, 2.75) is 11.3 Å². The summed E-state index contributed by atoms with van der Waals surface area (Å²) in [4.78, 5) is 10.5. The van der Waals surface area contributed by atoms with E-state index in [9.17, 15) is 17.6 Å². The van der Waals surface area contributed by atoms with E-state index in [2.05, 4.69) is 0 Å². The average Bonchev–Trinajstić information content (AvgIpc) is 2.88. The third kappa shape index (κ3) is 2.89.